The van der Waals surface area contributed by atoms with Crippen LogP contribution in [0.25, 0.3) is 0 Å². The van der Waals surface area contributed by atoms with Gasteiger partial charge in [0.2, 0.25) is 0 Å². The zero-order chi connectivity index (χ0) is 14.4. The van der Waals surface area contributed by atoms with Gasteiger partial charge in [-0.05, 0) is 12.0 Å². The maximum absolute atomic E-state index is 11.6. The Hall–Kier alpha value is -0.610. The van der Waals surface area contributed by atoms with Crippen LogP contribution in [0.1, 0.15) is 24.8 Å². The molecular weight excluding hydrogens is 297 g/mol. The molecule has 0 aromatic heterocycles. The summed E-state index contributed by atoms with van der Waals surface area (Å²) in [6.07, 6.45) is 1.71. The molecule has 1 aromatic carbocycles. The Kier molecular flexibility index (Phi) is 6.30. The van der Waals surface area contributed by atoms with Crippen LogP contribution in [0.5, 0.6) is 0 Å². The van der Waals surface area contributed by atoms with Crippen molar-refractivity contribution >= 4 is 29.0 Å². The maximum Gasteiger partial charge on any atom is 0.137 e. The molecule has 3 nitrogen and oxygen atoms in total. The first-order valence-corrected chi connectivity index (χ1v) is 7.69. The summed E-state index contributed by atoms with van der Waals surface area (Å²) in [7, 11) is 0. The van der Waals surface area contributed by atoms with Crippen LogP contribution < -0.4 is 5.32 Å². The molecule has 110 valence electrons. The van der Waals surface area contributed by atoms with E-state index in [1.807, 2.05) is 30.3 Å². The van der Waals surface area contributed by atoms with Gasteiger partial charge in [-0.25, -0.2) is 0 Å². The number of alkyl halides is 2. The van der Waals surface area contributed by atoms with Gasteiger partial charge in [0.1, 0.15) is 10.6 Å². The van der Waals surface area contributed by atoms with E-state index in [2.05, 4.69) is 5.32 Å². The third-order valence-corrected chi connectivity index (χ3v) is 3.67. The number of Topliss-reactive ketones (excluding diaryl/α,β-unsaturated/α-hetero) is 1. The lowest BCUT2D eigenvalue weighted by atomic mass is 10.1. The van der Waals surface area contributed by atoms with E-state index >= 15 is 0 Å². The molecule has 1 saturated heterocycles. The van der Waals surface area contributed by atoms with E-state index in [-0.39, 0.29) is 24.3 Å². The van der Waals surface area contributed by atoms with Crippen molar-refractivity contribution in [3.05, 3.63) is 35.9 Å². The SMILES string of the molecule is O=C(CC(Cl)Cl)C[C@@H]1C[C@@H](OCc2ccccc2)CN1. The molecule has 1 heterocycles. The average molecular weight is 316 g/mol. The monoisotopic (exact) mass is 315 g/mol. The molecule has 2 rings (SSSR count). The molecule has 1 aliphatic rings. The van der Waals surface area contributed by atoms with Gasteiger partial charge in [0.15, 0.2) is 0 Å². The highest BCUT2D eigenvalue weighted by Crippen LogP contribution is 2.17. The molecule has 2 atom stereocenters. The van der Waals surface area contributed by atoms with Crippen LogP contribution in [0.3, 0.4) is 0 Å². The van der Waals surface area contributed by atoms with E-state index in [0.717, 1.165) is 13.0 Å². The third kappa shape index (κ3) is 5.41. The van der Waals surface area contributed by atoms with Gasteiger partial charge in [-0.15, -0.1) is 23.2 Å². The molecule has 1 aliphatic heterocycles. The Morgan fingerprint density at radius 3 is 2.80 bits per heavy atom. The van der Waals surface area contributed by atoms with E-state index in [0.29, 0.717) is 13.0 Å². The molecule has 5 heteroatoms. The van der Waals surface area contributed by atoms with Gasteiger partial charge in [-0.1, -0.05) is 30.3 Å². The highest BCUT2D eigenvalue weighted by Gasteiger charge is 2.26. The number of carbonyl (C=O) groups excluding carboxylic acids is 1. The molecule has 1 N–H and O–H groups in total. The van der Waals surface area contributed by atoms with Crippen LogP contribution in [-0.4, -0.2) is 29.3 Å². The van der Waals surface area contributed by atoms with E-state index in [9.17, 15) is 4.79 Å². The van der Waals surface area contributed by atoms with Gasteiger partial charge in [0.05, 0.1) is 12.7 Å². The predicted octanol–water partition coefficient (Wildman–Crippen LogP) is 3.09. The highest BCUT2D eigenvalue weighted by atomic mass is 35.5. The quantitative estimate of drug-likeness (QED) is 0.786. The average Bonchev–Trinajstić information content (AvgIpc) is 2.84. The lowest BCUT2D eigenvalue weighted by Gasteiger charge is -2.11. The van der Waals surface area contributed by atoms with Gasteiger partial charge in [-0.3, -0.25) is 4.79 Å². The first-order valence-electron chi connectivity index (χ1n) is 6.82. The van der Waals surface area contributed by atoms with Crippen LogP contribution in [0, 0.1) is 0 Å². The fraction of sp³-hybridized carbons (Fsp3) is 0.533. The number of ether oxygens (including phenoxy) is 1. The fourth-order valence-corrected chi connectivity index (χ4v) is 2.73. The minimum atomic E-state index is -0.603. The second-order valence-electron chi connectivity index (χ2n) is 5.10. The zero-order valence-corrected chi connectivity index (χ0v) is 12.7. The molecule has 0 spiro atoms. The lowest BCUT2D eigenvalue weighted by Crippen LogP contribution is -2.25. The van der Waals surface area contributed by atoms with Crippen molar-refractivity contribution in [1.29, 1.82) is 0 Å². The lowest BCUT2D eigenvalue weighted by molar-refractivity contribution is -0.119. The Morgan fingerprint density at radius 2 is 2.10 bits per heavy atom. The first kappa shape index (κ1) is 15.8. The van der Waals surface area contributed by atoms with E-state index < -0.39 is 4.84 Å². The summed E-state index contributed by atoms with van der Waals surface area (Å²) in [5, 5.41) is 3.32. The van der Waals surface area contributed by atoms with Crippen molar-refractivity contribution in [3.8, 4) is 0 Å². The van der Waals surface area contributed by atoms with Gasteiger partial charge >= 0.3 is 0 Å². The van der Waals surface area contributed by atoms with Gasteiger partial charge in [0.25, 0.3) is 0 Å². The molecular formula is C15H19Cl2NO2. The minimum absolute atomic E-state index is 0.0983. The molecule has 20 heavy (non-hydrogen) atoms. The van der Waals surface area contributed by atoms with Crippen LogP contribution in [0.4, 0.5) is 0 Å². The van der Waals surface area contributed by atoms with Crippen molar-refractivity contribution in [1.82, 2.24) is 5.32 Å². The van der Waals surface area contributed by atoms with Crippen molar-refractivity contribution in [2.24, 2.45) is 0 Å². The highest BCUT2D eigenvalue weighted by molar-refractivity contribution is 6.45. The van der Waals surface area contributed by atoms with Crippen LogP contribution >= 0.6 is 23.2 Å². The summed E-state index contributed by atoms with van der Waals surface area (Å²) in [5.74, 6) is 0.0983. The Balaban J connectivity index is 1.69. The van der Waals surface area contributed by atoms with Crippen molar-refractivity contribution in [3.63, 3.8) is 0 Å². The van der Waals surface area contributed by atoms with Gasteiger partial charge < -0.3 is 10.1 Å². The van der Waals surface area contributed by atoms with Crippen molar-refractivity contribution in [2.45, 2.75) is 42.9 Å². The molecule has 0 radical (unpaired) electrons. The second-order valence-corrected chi connectivity index (χ2v) is 6.37. The largest absolute Gasteiger partial charge is 0.372 e. The van der Waals surface area contributed by atoms with E-state index in [4.69, 9.17) is 27.9 Å². The molecule has 0 amide bonds. The smallest absolute Gasteiger partial charge is 0.137 e. The van der Waals surface area contributed by atoms with E-state index in [1.54, 1.807) is 0 Å². The molecule has 0 unspecified atom stereocenters. The normalized spacial score (nSPS) is 22.4. The Bertz CT molecular complexity index is 425. The Morgan fingerprint density at radius 1 is 1.35 bits per heavy atom. The number of ketones is 1. The molecule has 0 saturated carbocycles. The number of nitrogens with one attached hydrogen (secondary N) is 1. The summed E-state index contributed by atoms with van der Waals surface area (Å²) in [4.78, 5) is 11.0. The minimum Gasteiger partial charge on any atom is -0.372 e. The third-order valence-electron chi connectivity index (χ3n) is 3.37. The summed E-state index contributed by atoms with van der Waals surface area (Å²) in [6, 6.07) is 10.3. The number of carbonyl (C=O) groups is 1. The standard InChI is InChI=1S/C15H19Cl2NO2/c16-15(17)8-13(19)6-12-7-14(9-18-12)20-10-11-4-2-1-3-5-11/h1-5,12,14-15,18H,6-10H2/t12-,14-/m1/s1. The Labute approximate surface area is 129 Å². The van der Waals surface area contributed by atoms with Crippen LogP contribution in [-0.2, 0) is 16.1 Å². The van der Waals surface area contributed by atoms with Crippen molar-refractivity contribution in [2.75, 3.05) is 6.54 Å². The molecule has 0 bridgehead atoms. The number of rotatable bonds is 7. The first-order chi connectivity index (χ1) is 9.63. The predicted molar refractivity (Wildman–Crippen MR) is 81.2 cm³/mol. The van der Waals surface area contributed by atoms with Crippen molar-refractivity contribution < 1.29 is 9.53 Å². The summed E-state index contributed by atoms with van der Waals surface area (Å²) in [5.41, 5.74) is 1.17. The zero-order valence-electron chi connectivity index (χ0n) is 11.2. The molecule has 1 fully saturated rings. The second kappa shape index (κ2) is 7.99. The maximum atomic E-state index is 11.6. The fourth-order valence-electron chi connectivity index (χ4n) is 2.38. The van der Waals surface area contributed by atoms with Crippen LogP contribution in [0.15, 0.2) is 30.3 Å². The topological polar surface area (TPSA) is 38.3 Å². The van der Waals surface area contributed by atoms with Gasteiger partial charge in [0, 0.05) is 25.4 Å². The summed E-state index contributed by atoms with van der Waals surface area (Å²) < 4.78 is 5.86. The number of benzene rings is 1. The summed E-state index contributed by atoms with van der Waals surface area (Å²) >= 11 is 11.2. The number of hydrogen-bond donors (Lipinski definition) is 1. The molecule has 0 aliphatic carbocycles. The van der Waals surface area contributed by atoms with Crippen LogP contribution in [0.2, 0.25) is 0 Å². The summed E-state index contributed by atoms with van der Waals surface area (Å²) in [6.45, 7) is 1.40. The van der Waals surface area contributed by atoms with E-state index in [1.165, 1.54) is 5.56 Å². The molecule has 1 aromatic rings. The number of hydrogen-bond acceptors (Lipinski definition) is 3. The number of halogens is 2. The van der Waals surface area contributed by atoms with Gasteiger partial charge in [-0.2, -0.15) is 0 Å².